The molecule has 112 valence electrons. The lowest BCUT2D eigenvalue weighted by atomic mass is 10.1. The summed E-state index contributed by atoms with van der Waals surface area (Å²) in [6, 6.07) is 0. The molecule has 0 heterocycles. The van der Waals surface area contributed by atoms with E-state index in [0.29, 0.717) is 12.2 Å². The Morgan fingerprint density at radius 1 is 0.737 bits per heavy atom. The third-order valence-corrected chi connectivity index (χ3v) is 3.55. The van der Waals surface area contributed by atoms with Crippen LogP contribution in [0.25, 0.3) is 0 Å². The Kier molecular flexibility index (Phi) is 15.0. The van der Waals surface area contributed by atoms with Gasteiger partial charge in [0, 0.05) is 12.8 Å². The van der Waals surface area contributed by atoms with Crippen molar-refractivity contribution < 1.29 is 4.79 Å². The zero-order valence-corrected chi connectivity index (χ0v) is 13.3. The van der Waals surface area contributed by atoms with Crippen molar-refractivity contribution in [1.29, 1.82) is 0 Å². The summed E-state index contributed by atoms with van der Waals surface area (Å²) < 4.78 is 0. The highest BCUT2D eigenvalue weighted by atomic mass is 16.1. The molecule has 0 aromatic heterocycles. The first-order chi connectivity index (χ1) is 9.31. The minimum atomic E-state index is 0.412. The van der Waals surface area contributed by atoms with Gasteiger partial charge in [-0.3, -0.25) is 4.79 Å². The Labute approximate surface area is 120 Å². The Balaban J connectivity index is 3.25. The molecule has 0 aromatic rings. The molecule has 0 aromatic carbocycles. The highest BCUT2D eigenvalue weighted by Gasteiger charge is 1.98. The molecule has 1 nitrogen and oxygen atoms in total. The van der Waals surface area contributed by atoms with Crippen molar-refractivity contribution in [3.05, 3.63) is 12.2 Å². The highest BCUT2D eigenvalue weighted by Crippen LogP contribution is 2.08. The monoisotopic (exact) mass is 266 g/mol. The molecular formula is C18H34O. The second-order valence-corrected chi connectivity index (χ2v) is 5.58. The van der Waals surface area contributed by atoms with Crippen molar-refractivity contribution in [2.75, 3.05) is 0 Å². The normalized spacial score (nSPS) is 11.3. The second-order valence-electron chi connectivity index (χ2n) is 5.58. The maximum absolute atomic E-state index is 11.6. The number of ketones is 1. The highest BCUT2D eigenvalue weighted by molar-refractivity contribution is 5.79. The van der Waals surface area contributed by atoms with E-state index in [4.69, 9.17) is 0 Å². The molecule has 0 aliphatic heterocycles. The Morgan fingerprint density at radius 2 is 1.32 bits per heavy atom. The summed E-state index contributed by atoms with van der Waals surface area (Å²) in [5.41, 5.74) is 0. The van der Waals surface area contributed by atoms with Gasteiger partial charge in [-0.2, -0.15) is 0 Å². The zero-order valence-electron chi connectivity index (χ0n) is 13.3. The topological polar surface area (TPSA) is 17.1 Å². The van der Waals surface area contributed by atoms with Gasteiger partial charge in [-0.1, -0.05) is 77.4 Å². The van der Waals surface area contributed by atoms with Gasteiger partial charge in [-0.05, 0) is 19.3 Å². The smallest absolute Gasteiger partial charge is 0.136 e. The zero-order chi connectivity index (χ0) is 14.2. The van der Waals surface area contributed by atoms with Crippen LogP contribution >= 0.6 is 0 Å². The molecule has 0 aliphatic carbocycles. The molecule has 0 bridgehead atoms. The van der Waals surface area contributed by atoms with Gasteiger partial charge >= 0.3 is 0 Å². The molecule has 0 aliphatic rings. The van der Waals surface area contributed by atoms with Gasteiger partial charge in [-0.25, -0.2) is 0 Å². The average Bonchev–Trinajstić information content (AvgIpc) is 2.42. The van der Waals surface area contributed by atoms with Crippen molar-refractivity contribution in [1.82, 2.24) is 0 Å². The molecule has 19 heavy (non-hydrogen) atoms. The number of unbranched alkanes of at least 4 members (excludes halogenated alkanes) is 9. The predicted octanol–water partition coefficient (Wildman–Crippen LogP) is 6.22. The molecule has 0 saturated carbocycles. The van der Waals surface area contributed by atoms with Crippen LogP contribution in [0.2, 0.25) is 0 Å². The van der Waals surface area contributed by atoms with Crippen LogP contribution in [-0.2, 0) is 4.79 Å². The molecule has 0 fully saturated rings. The summed E-state index contributed by atoms with van der Waals surface area (Å²) >= 11 is 0. The van der Waals surface area contributed by atoms with Gasteiger partial charge in [-0.15, -0.1) is 0 Å². The number of allylic oxidation sites excluding steroid dienone is 2. The van der Waals surface area contributed by atoms with Crippen LogP contribution in [-0.4, -0.2) is 5.78 Å². The third kappa shape index (κ3) is 15.4. The number of carbonyl (C=O) groups is 1. The summed E-state index contributed by atoms with van der Waals surface area (Å²) in [5.74, 6) is 0.412. The van der Waals surface area contributed by atoms with Gasteiger partial charge in [0.25, 0.3) is 0 Å². The molecule has 0 N–H and O–H groups in total. The lowest BCUT2D eigenvalue weighted by Crippen LogP contribution is -1.95. The molecule has 0 radical (unpaired) electrons. The summed E-state index contributed by atoms with van der Waals surface area (Å²) in [4.78, 5) is 11.6. The van der Waals surface area contributed by atoms with Crippen LogP contribution in [0.4, 0.5) is 0 Å². The van der Waals surface area contributed by atoms with Gasteiger partial charge in [0.15, 0.2) is 0 Å². The largest absolute Gasteiger partial charge is 0.299 e. The molecule has 0 unspecified atom stereocenters. The Morgan fingerprint density at radius 3 is 2.00 bits per heavy atom. The van der Waals surface area contributed by atoms with E-state index in [1.807, 2.05) is 0 Å². The Bertz CT molecular complexity index is 218. The third-order valence-electron chi connectivity index (χ3n) is 3.55. The second kappa shape index (κ2) is 15.5. The quantitative estimate of drug-likeness (QED) is 0.269. The van der Waals surface area contributed by atoms with Crippen LogP contribution in [0.5, 0.6) is 0 Å². The lowest BCUT2D eigenvalue weighted by molar-refractivity contribution is -0.118. The van der Waals surface area contributed by atoms with Crippen molar-refractivity contribution in [2.45, 2.75) is 97.3 Å². The van der Waals surface area contributed by atoms with E-state index in [1.165, 1.54) is 57.8 Å². The maximum Gasteiger partial charge on any atom is 0.136 e. The van der Waals surface area contributed by atoms with Crippen molar-refractivity contribution in [2.24, 2.45) is 0 Å². The number of rotatable bonds is 14. The van der Waals surface area contributed by atoms with Crippen LogP contribution in [0.3, 0.4) is 0 Å². The number of hydrogen-bond donors (Lipinski definition) is 0. The Hall–Kier alpha value is -0.590. The predicted molar refractivity (Wildman–Crippen MR) is 85.5 cm³/mol. The van der Waals surface area contributed by atoms with E-state index in [9.17, 15) is 4.79 Å². The molecule has 0 saturated heterocycles. The van der Waals surface area contributed by atoms with E-state index < -0.39 is 0 Å². The molecule has 0 amide bonds. The lowest BCUT2D eigenvalue weighted by Gasteiger charge is -1.98. The maximum atomic E-state index is 11.6. The molecule has 0 atom stereocenters. The summed E-state index contributed by atoms with van der Waals surface area (Å²) in [7, 11) is 0. The average molecular weight is 266 g/mol. The van der Waals surface area contributed by atoms with Crippen LogP contribution in [0.1, 0.15) is 97.3 Å². The SMILES string of the molecule is CCCCCCCCC=CCC(=O)CCCCCC. The summed E-state index contributed by atoms with van der Waals surface area (Å²) in [6.45, 7) is 4.45. The minimum absolute atomic E-state index is 0.412. The molecule has 0 spiro atoms. The van der Waals surface area contributed by atoms with Crippen molar-refractivity contribution in [3.63, 3.8) is 0 Å². The van der Waals surface area contributed by atoms with E-state index in [2.05, 4.69) is 26.0 Å². The van der Waals surface area contributed by atoms with E-state index in [0.717, 1.165) is 19.3 Å². The van der Waals surface area contributed by atoms with Gasteiger partial charge < -0.3 is 0 Å². The molecule has 0 rings (SSSR count). The van der Waals surface area contributed by atoms with Crippen LogP contribution in [0, 0.1) is 0 Å². The number of hydrogen-bond acceptors (Lipinski definition) is 1. The number of carbonyl (C=O) groups excluding carboxylic acids is 1. The van der Waals surface area contributed by atoms with E-state index in [-0.39, 0.29) is 0 Å². The number of Topliss-reactive ketones (excluding diaryl/α,β-unsaturated/α-hetero) is 1. The molecular weight excluding hydrogens is 232 g/mol. The van der Waals surface area contributed by atoms with Gasteiger partial charge in [0.1, 0.15) is 5.78 Å². The van der Waals surface area contributed by atoms with E-state index >= 15 is 0 Å². The molecule has 1 heteroatoms. The minimum Gasteiger partial charge on any atom is -0.299 e. The van der Waals surface area contributed by atoms with Crippen molar-refractivity contribution in [3.8, 4) is 0 Å². The fourth-order valence-electron chi connectivity index (χ4n) is 2.23. The van der Waals surface area contributed by atoms with Gasteiger partial charge in [0.2, 0.25) is 0 Å². The van der Waals surface area contributed by atoms with E-state index in [1.54, 1.807) is 0 Å². The first-order valence-corrected chi connectivity index (χ1v) is 8.48. The fourth-order valence-corrected chi connectivity index (χ4v) is 2.23. The van der Waals surface area contributed by atoms with Gasteiger partial charge in [0.05, 0.1) is 0 Å². The standard InChI is InChI=1S/C18H34O/c1-3-5-7-9-10-11-12-13-15-17-18(19)16-14-8-6-4-2/h13,15H,3-12,14,16-17H2,1-2H3. The van der Waals surface area contributed by atoms with Crippen LogP contribution in [0.15, 0.2) is 12.2 Å². The summed E-state index contributed by atoms with van der Waals surface area (Å²) in [6.07, 6.45) is 19.7. The fraction of sp³-hybridized carbons (Fsp3) is 0.833. The first-order valence-electron chi connectivity index (χ1n) is 8.48. The first kappa shape index (κ1) is 18.4. The van der Waals surface area contributed by atoms with Crippen molar-refractivity contribution >= 4 is 5.78 Å². The summed E-state index contributed by atoms with van der Waals surface area (Å²) in [5, 5.41) is 0. The van der Waals surface area contributed by atoms with Crippen LogP contribution < -0.4 is 0 Å².